The maximum Gasteiger partial charge on any atom is 0.309 e. The van der Waals surface area contributed by atoms with Gasteiger partial charge < -0.3 is 5.11 Å². The fraction of sp³-hybridized carbons (Fsp3) is 0.417. The van der Waals surface area contributed by atoms with E-state index in [4.69, 9.17) is 16.7 Å². The molecule has 1 aliphatic heterocycles. The highest BCUT2D eigenvalue weighted by molar-refractivity contribution is 6.22. The molecule has 1 fully saturated rings. The van der Waals surface area contributed by atoms with Gasteiger partial charge in [0.15, 0.2) is 0 Å². The zero-order valence-electron chi connectivity index (χ0n) is 8.84. The summed E-state index contributed by atoms with van der Waals surface area (Å²) in [5.41, 5.74) is 1.19. The summed E-state index contributed by atoms with van der Waals surface area (Å²) in [6.07, 6.45) is 0. The molecule has 0 saturated carbocycles. The van der Waals surface area contributed by atoms with Crippen LogP contribution in [0.3, 0.4) is 0 Å². The van der Waals surface area contributed by atoms with Crippen molar-refractivity contribution >= 4 is 17.6 Å². The number of rotatable bonds is 3. The standard InChI is InChI=1S/C12H14ClNO2/c13-11-8-14(7-10(11)12(15)16)6-9-4-2-1-3-5-9/h1-5,10-11H,6-8H2,(H,15,16). The number of carbonyl (C=O) groups is 1. The third-order valence-corrected chi connectivity index (χ3v) is 3.33. The van der Waals surface area contributed by atoms with Crippen LogP contribution in [0.4, 0.5) is 0 Å². The highest BCUT2D eigenvalue weighted by atomic mass is 35.5. The third-order valence-electron chi connectivity index (χ3n) is 2.89. The van der Waals surface area contributed by atoms with E-state index in [1.807, 2.05) is 30.3 Å². The second-order valence-electron chi connectivity index (χ2n) is 4.14. The van der Waals surface area contributed by atoms with Crippen LogP contribution < -0.4 is 0 Å². The van der Waals surface area contributed by atoms with E-state index in [1.165, 1.54) is 5.56 Å². The summed E-state index contributed by atoms with van der Waals surface area (Å²) in [7, 11) is 0. The van der Waals surface area contributed by atoms with E-state index >= 15 is 0 Å². The average molecular weight is 240 g/mol. The van der Waals surface area contributed by atoms with Crippen molar-refractivity contribution in [1.82, 2.24) is 4.90 Å². The van der Waals surface area contributed by atoms with Gasteiger partial charge in [0.05, 0.1) is 11.3 Å². The maximum atomic E-state index is 10.9. The number of carboxylic acids is 1. The van der Waals surface area contributed by atoms with Crippen LogP contribution in [0.15, 0.2) is 30.3 Å². The van der Waals surface area contributed by atoms with Gasteiger partial charge in [-0.3, -0.25) is 9.69 Å². The summed E-state index contributed by atoms with van der Waals surface area (Å²) in [5, 5.41) is 8.68. The van der Waals surface area contributed by atoms with Crippen molar-refractivity contribution in [2.45, 2.75) is 11.9 Å². The Morgan fingerprint density at radius 3 is 2.62 bits per heavy atom. The summed E-state index contributed by atoms with van der Waals surface area (Å²) in [4.78, 5) is 13.0. The minimum atomic E-state index is -0.796. The van der Waals surface area contributed by atoms with Crippen LogP contribution in [0.1, 0.15) is 5.56 Å². The topological polar surface area (TPSA) is 40.5 Å². The molecule has 3 nitrogen and oxygen atoms in total. The van der Waals surface area contributed by atoms with Gasteiger partial charge in [-0.15, -0.1) is 11.6 Å². The lowest BCUT2D eigenvalue weighted by Gasteiger charge is -2.14. The summed E-state index contributed by atoms with van der Waals surface area (Å²) in [6, 6.07) is 10.0. The first-order valence-corrected chi connectivity index (χ1v) is 5.73. The van der Waals surface area contributed by atoms with Gasteiger partial charge in [0.2, 0.25) is 0 Å². The number of aliphatic carboxylic acids is 1. The lowest BCUT2D eigenvalue weighted by atomic mass is 10.1. The Morgan fingerprint density at radius 2 is 2.06 bits per heavy atom. The van der Waals surface area contributed by atoms with E-state index in [0.717, 1.165) is 6.54 Å². The number of hydrogen-bond donors (Lipinski definition) is 1. The molecule has 2 unspecified atom stereocenters. The van der Waals surface area contributed by atoms with Gasteiger partial charge in [-0.1, -0.05) is 30.3 Å². The Bertz CT molecular complexity index is 369. The van der Waals surface area contributed by atoms with Gasteiger partial charge in [-0.05, 0) is 5.56 Å². The monoisotopic (exact) mass is 239 g/mol. The zero-order valence-corrected chi connectivity index (χ0v) is 9.60. The molecule has 2 atom stereocenters. The molecule has 1 aliphatic rings. The fourth-order valence-electron chi connectivity index (χ4n) is 2.04. The Morgan fingerprint density at radius 1 is 1.38 bits per heavy atom. The van der Waals surface area contributed by atoms with Crippen molar-refractivity contribution in [3.63, 3.8) is 0 Å². The number of likely N-dealkylation sites (tertiary alicyclic amines) is 1. The highest BCUT2D eigenvalue weighted by Crippen LogP contribution is 2.23. The number of nitrogens with zero attached hydrogens (tertiary/aromatic N) is 1. The van der Waals surface area contributed by atoms with Crippen molar-refractivity contribution < 1.29 is 9.90 Å². The first-order chi connectivity index (χ1) is 7.66. The van der Waals surface area contributed by atoms with Crippen LogP contribution in [0.5, 0.6) is 0 Å². The Labute approximate surface area is 99.6 Å². The number of halogens is 1. The normalized spacial score (nSPS) is 25.8. The second-order valence-corrected chi connectivity index (χ2v) is 4.70. The molecular weight excluding hydrogens is 226 g/mol. The summed E-state index contributed by atoms with van der Waals surface area (Å²) >= 11 is 6.01. The zero-order chi connectivity index (χ0) is 11.5. The van der Waals surface area contributed by atoms with Gasteiger partial charge in [-0.25, -0.2) is 0 Å². The summed E-state index contributed by atoms with van der Waals surface area (Å²) in [6.45, 7) is 1.96. The van der Waals surface area contributed by atoms with Gasteiger partial charge in [0.1, 0.15) is 0 Å². The van der Waals surface area contributed by atoms with Crippen molar-refractivity contribution in [3.05, 3.63) is 35.9 Å². The SMILES string of the molecule is O=C(O)C1CN(Cc2ccccc2)CC1Cl. The molecule has 0 aromatic heterocycles. The predicted molar refractivity (Wildman–Crippen MR) is 62.5 cm³/mol. The first-order valence-electron chi connectivity index (χ1n) is 5.30. The summed E-state index contributed by atoms with van der Waals surface area (Å²) < 4.78 is 0. The quantitative estimate of drug-likeness (QED) is 0.818. The number of alkyl halides is 1. The maximum absolute atomic E-state index is 10.9. The van der Waals surface area contributed by atoms with Gasteiger partial charge >= 0.3 is 5.97 Å². The molecule has 0 amide bonds. The first kappa shape index (κ1) is 11.4. The Balaban J connectivity index is 1.96. The fourth-order valence-corrected chi connectivity index (χ4v) is 2.43. The number of carboxylic acid groups (broad SMARTS) is 1. The van der Waals surface area contributed by atoms with E-state index in [0.29, 0.717) is 13.1 Å². The largest absolute Gasteiger partial charge is 0.481 e. The molecule has 0 bridgehead atoms. The Hall–Kier alpha value is -1.06. The summed E-state index contributed by atoms with van der Waals surface area (Å²) in [5.74, 6) is -1.24. The van der Waals surface area contributed by atoms with E-state index in [2.05, 4.69) is 4.90 Å². The molecular formula is C12H14ClNO2. The van der Waals surface area contributed by atoms with Crippen molar-refractivity contribution in [2.24, 2.45) is 5.92 Å². The highest BCUT2D eigenvalue weighted by Gasteiger charge is 2.36. The van der Waals surface area contributed by atoms with Crippen LogP contribution in [0.25, 0.3) is 0 Å². The van der Waals surface area contributed by atoms with Crippen LogP contribution in [0.2, 0.25) is 0 Å². The second kappa shape index (κ2) is 4.85. The lowest BCUT2D eigenvalue weighted by molar-refractivity contribution is -0.141. The van der Waals surface area contributed by atoms with Crippen LogP contribution >= 0.6 is 11.6 Å². The van der Waals surface area contributed by atoms with Crippen LogP contribution in [-0.2, 0) is 11.3 Å². The number of benzene rings is 1. The lowest BCUT2D eigenvalue weighted by Crippen LogP contribution is -2.23. The van der Waals surface area contributed by atoms with Gasteiger partial charge in [-0.2, -0.15) is 0 Å². The molecule has 2 rings (SSSR count). The molecule has 1 N–H and O–H groups in total. The molecule has 0 spiro atoms. The molecule has 0 aliphatic carbocycles. The smallest absolute Gasteiger partial charge is 0.309 e. The van der Waals surface area contributed by atoms with Crippen molar-refractivity contribution in [2.75, 3.05) is 13.1 Å². The molecule has 1 aromatic carbocycles. The minimum absolute atomic E-state index is 0.277. The van der Waals surface area contributed by atoms with Gasteiger partial charge in [0.25, 0.3) is 0 Å². The molecule has 16 heavy (non-hydrogen) atoms. The van der Waals surface area contributed by atoms with Gasteiger partial charge in [0, 0.05) is 19.6 Å². The molecule has 1 aromatic rings. The third kappa shape index (κ3) is 2.54. The number of hydrogen-bond acceptors (Lipinski definition) is 2. The van der Waals surface area contributed by atoms with Crippen LogP contribution in [-0.4, -0.2) is 34.4 Å². The molecule has 4 heteroatoms. The van der Waals surface area contributed by atoms with Crippen molar-refractivity contribution in [3.8, 4) is 0 Å². The van der Waals surface area contributed by atoms with Crippen molar-refractivity contribution in [1.29, 1.82) is 0 Å². The van der Waals surface area contributed by atoms with E-state index in [9.17, 15) is 4.79 Å². The minimum Gasteiger partial charge on any atom is -0.481 e. The molecule has 0 radical (unpaired) electrons. The molecule has 1 saturated heterocycles. The molecule has 86 valence electrons. The Kier molecular flexibility index (Phi) is 3.46. The van der Waals surface area contributed by atoms with E-state index in [-0.39, 0.29) is 5.38 Å². The van der Waals surface area contributed by atoms with E-state index < -0.39 is 11.9 Å². The predicted octanol–water partition coefficient (Wildman–Crippen LogP) is 1.81. The van der Waals surface area contributed by atoms with Crippen LogP contribution in [0, 0.1) is 5.92 Å². The molecule has 1 heterocycles. The van der Waals surface area contributed by atoms with E-state index in [1.54, 1.807) is 0 Å². The average Bonchev–Trinajstić information content (AvgIpc) is 2.61.